The fraction of sp³-hybridized carbons (Fsp3) is 0.385. The largest absolute Gasteiger partial charge is 0.504 e. The Kier molecular flexibility index (Phi) is 5.12. The van der Waals surface area contributed by atoms with E-state index in [0.29, 0.717) is 5.56 Å². The summed E-state index contributed by atoms with van der Waals surface area (Å²) >= 11 is 0. The third-order valence-corrected chi connectivity index (χ3v) is 2.90. The van der Waals surface area contributed by atoms with Crippen LogP contribution in [0.15, 0.2) is 18.2 Å². The van der Waals surface area contributed by atoms with E-state index in [9.17, 15) is 19.8 Å². The van der Waals surface area contributed by atoms with Gasteiger partial charge in [0.05, 0.1) is 12.6 Å². The Labute approximate surface area is 120 Å². The number of aliphatic carboxylic acids is 1. The van der Waals surface area contributed by atoms with Gasteiger partial charge in [-0.25, -0.2) is 4.79 Å². The standard InChI is InChI=1S/C13H18N2O6/c1-13(21,12(19)20)6-15-11(18)8(14)4-7-2-3-9(16)10(17)5-7/h2-3,5,8,16-17,21H,4,6,14H2,1H3,(H,15,18)(H,19,20)/t8-,13?/m0/s1. The summed E-state index contributed by atoms with van der Waals surface area (Å²) in [4.78, 5) is 22.4. The van der Waals surface area contributed by atoms with E-state index in [1.165, 1.54) is 18.2 Å². The summed E-state index contributed by atoms with van der Waals surface area (Å²) in [6, 6.07) is 3.05. The number of phenols is 2. The van der Waals surface area contributed by atoms with Crippen molar-refractivity contribution >= 4 is 11.9 Å². The van der Waals surface area contributed by atoms with Crippen molar-refractivity contribution in [2.24, 2.45) is 5.73 Å². The van der Waals surface area contributed by atoms with Crippen LogP contribution in [0.25, 0.3) is 0 Å². The minimum atomic E-state index is -2.08. The van der Waals surface area contributed by atoms with Gasteiger partial charge in [-0.1, -0.05) is 6.07 Å². The zero-order chi connectivity index (χ0) is 16.2. The summed E-state index contributed by atoms with van der Waals surface area (Å²) in [5.74, 6) is -2.70. The van der Waals surface area contributed by atoms with Crippen LogP contribution in [0, 0.1) is 0 Å². The van der Waals surface area contributed by atoms with E-state index in [0.717, 1.165) is 6.92 Å². The number of benzene rings is 1. The average molecular weight is 298 g/mol. The average Bonchev–Trinajstić information content (AvgIpc) is 2.40. The molecule has 7 N–H and O–H groups in total. The summed E-state index contributed by atoms with van der Waals surface area (Å²) in [6.45, 7) is 0.578. The van der Waals surface area contributed by atoms with E-state index < -0.39 is 30.1 Å². The zero-order valence-electron chi connectivity index (χ0n) is 11.4. The van der Waals surface area contributed by atoms with Crippen molar-refractivity contribution in [3.05, 3.63) is 23.8 Å². The van der Waals surface area contributed by atoms with Gasteiger partial charge in [0.15, 0.2) is 17.1 Å². The number of aromatic hydroxyl groups is 2. The van der Waals surface area contributed by atoms with E-state index in [4.69, 9.17) is 15.9 Å². The van der Waals surface area contributed by atoms with Gasteiger partial charge >= 0.3 is 5.97 Å². The molecule has 1 unspecified atom stereocenters. The van der Waals surface area contributed by atoms with Crippen LogP contribution >= 0.6 is 0 Å². The van der Waals surface area contributed by atoms with Crippen LogP contribution in [-0.2, 0) is 16.0 Å². The number of carbonyl (C=O) groups excluding carboxylic acids is 1. The summed E-state index contributed by atoms with van der Waals surface area (Å²) in [5, 5.41) is 38.9. The molecule has 0 bridgehead atoms. The number of aliphatic hydroxyl groups is 1. The molecule has 0 aliphatic carbocycles. The molecule has 1 aromatic carbocycles. The van der Waals surface area contributed by atoms with Gasteiger partial charge in [-0.2, -0.15) is 0 Å². The van der Waals surface area contributed by atoms with E-state index in [2.05, 4.69) is 5.32 Å². The lowest BCUT2D eigenvalue weighted by Crippen LogP contribution is -2.50. The van der Waals surface area contributed by atoms with Crippen molar-refractivity contribution in [2.75, 3.05) is 6.54 Å². The Morgan fingerprint density at radius 2 is 1.95 bits per heavy atom. The quantitative estimate of drug-likeness (QED) is 0.365. The smallest absolute Gasteiger partial charge is 0.337 e. The van der Waals surface area contributed by atoms with Gasteiger partial charge in [-0.15, -0.1) is 0 Å². The first kappa shape index (κ1) is 16.7. The third kappa shape index (κ3) is 4.62. The Balaban J connectivity index is 2.59. The molecule has 0 fully saturated rings. The van der Waals surface area contributed by atoms with Crippen LogP contribution in [0.3, 0.4) is 0 Å². The monoisotopic (exact) mass is 298 g/mol. The van der Waals surface area contributed by atoms with Gasteiger partial charge in [-0.05, 0) is 31.0 Å². The van der Waals surface area contributed by atoms with E-state index >= 15 is 0 Å². The van der Waals surface area contributed by atoms with Crippen molar-refractivity contribution in [2.45, 2.75) is 25.0 Å². The highest BCUT2D eigenvalue weighted by Crippen LogP contribution is 2.25. The third-order valence-electron chi connectivity index (χ3n) is 2.90. The summed E-state index contributed by atoms with van der Waals surface area (Å²) < 4.78 is 0. The number of carboxylic acid groups (broad SMARTS) is 1. The van der Waals surface area contributed by atoms with Crippen LogP contribution in [0.1, 0.15) is 12.5 Å². The molecular weight excluding hydrogens is 280 g/mol. The van der Waals surface area contributed by atoms with Gasteiger partial charge in [0.25, 0.3) is 0 Å². The Morgan fingerprint density at radius 1 is 1.33 bits per heavy atom. The fourth-order valence-electron chi connectivity index (χ4n) is 1.51. The summed E-state index contributed by atoms with van der Waals surface area (Å²) in [5.41, 5.74) is 4.11. The molecule has 0 aliphatic heterocycles. The van der Waals surface area contributed by atoms with E-state index in [1.54, 1.807) is 0 Å². The highest BCUT2D eigenvalue weighted by molar-refractivity contribution is 5.83. The molecule has 1 rings (SSSR count). The molecule has 0 aromatic heterocycles. The molecule has 0 spiro atoms. The molecule has 0 saturated carbocycles. The van der Waals surface area contributed by atoms with Crippen molar-refractivity contribution < 1.29 is 30.0 Å². The molecule has 21 heavy (non-hydrogen) atoms. The molecule has 8 heteroatoms. The molecule has 0 aliphatic rings. The first-order chi connectivity index (χ1) is 9.63. The number of hydrogen-bond acceptors (Lipinski definition) is 6. The highest BCUT2D eigenvalue weighted by atomic mass is 16.4. The molecule has 2 atom stereocenters. The molecule has 0 radical (unpaired) electrons. The number of carbonyl (C=O) groups is 2. The minimum Gasteiger partial charge on any atom is -0.504 e. The predicted octanol–water partition coefficient (Wildman–Crippen LogP) is -1.08. The fourth-order valence-corrected chi connectivity index (χ4v) is 1.51. The van der Waals surface area contributed by atoms with Crippen LogP contribution in [-0.4, -0.2) is 50.5 Å². The Hall–Kier alpha value is -2.32. The van der Waals surface area contributed by atoms with Crippen LogP contribution in [0.2, 0.25) is 0 Å². The first-order valence-corrected chi connectivity index (χ1v) is 6.13. The molecule has 1 amide bonds. The number of carboxylic acids is 1. The Bertz CT molecular complexity index is 543. The number of amides is 1. The van der Waals surface area contributed by atoms with Crippen molar-refractivity contribution in [1.29, 1.82) is 0 Å². The van der Waals surface area contributed by atoms with Crippen molar-refractivity contribution in [3.8, 4) is 11.5 Å². The van der Waals surface area contributed by atoms with Crippen molar-refractivity contribution in [1.82, 2.24) is 5.32 Å². The molecule has 0 heterocycles. The lowest BCUT2D eigenvalue weighted by molar-refractivity contribution is -0.156. The lowest BCUT2D eigenvalue weighted by atomic mass is 10.0. The summed E-state index contributed by atoms with van der Waals surface area (Å²) in [6.07, 6.45) is 0.0783. The number of nitrogens with two attached hydrogens (primary N) is 1. The van der Waals surface area contributed by atoms with Gasteiger partial charge in [-0.3, -0.25) is 4.79 Å². The Morgan fingerprint density at radius 3 is 2.48 bits per heavy atom. The first-order valence-electron chi connectivity index (χ1n) is 6.13. The number of rotatable bonds is 6. The SMILES string of the molecule is CC(O)(CNC(=O)[C@@H](N)Cc1ccc(O)c(O)c1)C(=O)O. The highest BCUT2D eigenvalue weighted by Gasteiger charge is 2.30. The maximum Gasteiger partial charge on any atom is 0.337 e. The van der Waals surface area contributed by atoms with Crippen LogP contribution in [0.4, 0.5) is 0 Å². The number of hydrogen-bond donors (Lipinski definition) is 6. The van der Waals surface area contributed by atoms with Gasteiger partial charge in [0.1, 0.15) is 0 Å². The number of nitrogens with one attached hydrogen (secondary N) is 1. The topological polar surface area (TPSA) is 153 Å². The molecule has 0 saturated heterocycles. The lowest BCUT2D eigenvalue weighted by Gasteiger charge is -2.20. The van der Waals surface area contributed by atoms with Crippen molar-refractivity contribution in [3.63, 3.8) is 0 Å². The molecule has 116 valence electrons. The molecule has 8 nitrogen and oxygen atoms in total. The molecule has 1 aromatic rings. The minimum absolute atomic E-state index is 0.0783. The normalized spacial score (nSPS) is 15.0. The van der Waals surface area contributed by atoms with Gasteiger partial charge < -0.3 is 31.5 Å². The predicted molar refractivity (Wildman–Crippen MR) is 72.7 cm³/mol. The second-order valence-corrected chi connectivity index (χ2v) is 4.93. The van der Waals surface area contributed by atoms with Crippen LogP contribution < -0.4 is 11.1 Å². The summed E-state index contributed by atoms with van der Waals surface area (Å²) in [7, 11) is 0. The van der Waals surface area contributed by atoms with Gasteiger partial charge in [0.2, 0.25) is 5.91 Å². The second kappa shape index (κ2) is 6.42. The maximum absolute atomic E-state index is 11.7. The number of phenolic OH excluding ortho intramolecular Hbond substituents is 2. The van der Waals surface area contributed by atoms with Crippen LogP contribution in [0.5, 0.6) is 11.5 Å². The zero-order valence-corrected chi connectivity index (χ0v) is 11.4. The molecular formula is C13H18N2O6. The second-order valence-electron chi connectivity index (χ2n) is 4.93. The maximum atomic E-state index is 11.7. The van der Waals surface area contributed by atoms with Gasteiger partial charge in [0, 0.05) is 0 Å². The van der Waals surface area contributed by atoms with E-state index in [1.807, 2.05) is 0 Å². The van der Waals surface area contributed by atoms with E-state index in [-0.39, 0.29) is 17.9 Å².